The van der Waals surface area contributed by atoms with Crippen LogP contribution in [0.25, 0.3) is 0 Å². The van der Waals surface area contributed by atoms with Crippen LogP contribution >= 0.6 is 0 Å². The minimum absolute atomic E-state index is 0.0389. The first-order valence-electron chi connectivity index (χ1n) is 10.1. The van der Waals surface area contributed by atoms with Crippen molar-refractivity contribution < 1.29 is 17.9 Å². The smallest absolute Gasteiger partial charge is 0.191 e. The number of sulfone groups is 1. The molecule has 1 saturated heterocycles. The highest BCUT2D eigenvalue weighted by Crippen LogP contribution is 2.24. The van der Waals surface area contributed by atoms with Gasteiger partial charge in [-0.25, -0.2) is 8.42 Å². The van der Waals surface area contributed by atoms with Crippen molar-refractivity contribution in [2.45, 2.75) is 25.8 Å². The van der Waals surface area contributed by atoms with E-state index in [-0.39, 0.29) is 12.4 Å². The van der Waals surface area contributed by atoms with Gasteiger partial charge in [-0.15, -0.1) is 0 Å². The van der Waals surface area contributed by atoms with Crippen molar-refractivity contribution in [3.63, 3.8) is 0 Å². The molecule has 1 atom stereocenters. The summed E-state index contributed by atoms with van der Waals surface area (Å²) in [6.45, 7) is 5.79. The second-order valence-corrected chi connectivity index (χ2v) is 9.39. The maximum Gasteiger partial charge on any atom is 0.191 e. The minimum atomic E-state index is -2.99. The van der Waals surface area contributed by atoms with Crippen molar-refractivity contribution in [3.05, 3.63) is 24.3 Å². The summed E-state index contributed by atoms with van der Waals surface area (Å²) in [4.78, 5) is 6.91. The van der Waals surface area contributed by atoms with E-state index in [0.29, 0.717) is 19.2 Å². The standard InChI is InChI=1S/C20H34N4O4S/c1-4-21-20(22-10-12-28-13-14-29(3,25)26)23-17-7-6-11-24(16-17)18-8-5-9-19(15-18)27-2/h5,8-9,15,17H,4,6-7,10-14,16H2,1-3H3,(H2,21,22,23). The van der Waals surface area contributed by atoms with Crippen LogP contribution in [-0.2, 0) is 14.6 Å². The van der Waals surface area contributed by atoms with Gasteiger partial charge in [-0.1, -0.05) is 6.07 Å². The van der Waals surface area contributed by atoms with Crippen LogP contribution in [-0.4, -0.2) is 78.9 Å². The van der Waals surface area contributed by atoms with Crippen LogP contribution in [0.4, 0.5) is 5.69 Å². The topological polar surface area (TPSA) is 92.3 Å². The van der Waals surface area contributed by atoms with Gasteiger partial charge >= 0.3 is 0 Å². The summed E-state index contributed by atoms with van der Waals surface area (Å²) in [7, 11) is -1.30. The number of nitrogens with zero attached hydrogens (tertiary/aromatic N) is 2. The van der Waals surface area contributed by atoms with E-state index < -0.39 is 9.84 Å². The van der Waals surface area contributed by atoms with Gasteiger partial charge in [-0.05, 0) is 31.9 Å². The van der Waals surface area contributed by atoms with Gasteiger partial charge in [0.2, 0.25) is 0 Å². The number of nitrogens with one attached hydrogen (secondary N) is 2. The van der Waals surface area contributed by atoms with Gasteiger partial charge < -0.3 is 25.0 Å². The van der Waals surface area contributed by atoms with Crippen LogP contribution < -0.4 is 20.3 Å². The summed E-state index contributed by atoms with van der Waals surface area (Å²) in [6, 6.07) is 8.43. The second kappa shape index (κ2) is 11.9. The van der Waals surface area contributed by atoms with E-state index in [2.05, 4.69) is 32.7 Å². The first kappa shape index (κ1) is 23.3. The van der Waals surface area contributed by atoms with Gasteiger partial charge in [0.25, 0.3) is 0 Å². The Balaban J connectivity index is 1.85. The summed E-state index contributed by atoms with van der Waals surface area (Å²) >= 11 is 0. The normalized spacial score (nSPS) is 17.8. The average Bonchev–Trinajstić information content (AvgIpc) is 2.70. The third kappa shape index (κ3) is 8.91. The zero-order chi connectivity index (χ0) is 21.1. The molecule has 0 aliphatic carbocycles. The number of piperidine rings is 1. The van der Waals surface area contributed by atoms with E-state index in [1.807, 2.05) is 19.1 Å². The lowest BCUT2D eigenvalue weighted by molar-refractivity contribution is 0.157. The molecule has 1 aromatic rings. The van der Waals surface area contributed by atoms with Crippen LogP contribution in [0.1, 0.15) is 19.8 Å². The fourth-order valence-corrected chi connectivity index (χ4v) is 3.60. The lowest BCUT2D eigenvalue weighted by Gasteiger charge is -2.35. The third-order valence-electron chi connectivity index (χ3n) is 4.63. The molecule has 2 rings (SSSR count). The van der Waals surface area contributed by atoms with E-state index in [1.54, 1.807) is 7.11 Å². The fraction of sp³-hybridized carbons (Fsp3) is 0.650. The second-order valence-electron chi connectivity index (χ2n) is 7.13. The van der Waals surface area contributed by atoms with Crippen molar-refractivity contribution in [3.8, 4) is 5.75 Å². The Morgan fingerprint density at radius 3 is 2.90 bits per heavy atom. The third-order valence-corrected chi connectivity index (χ3v) is 5.54. The summed E-state index contributed by atoms with van der Waals surface area (Å²) in [6.07, 6.45) is 3.39. The summed E-state index contributed by atoms with van der Waals surface area (Å²) in [5, 5.41) is 6.78. The molecule has 0 spiro atoms. The highest BCUT2D eigenvalue weighted by molar-refractivity contribution is 7.90. The number of benzene rings is 1. The molecule has 8 nitrogen and oxygen atoms in total. The summed E-state index contributed by atoms with van der Waals surface area (Å²) in [5.74, 6) is 1.66. The van der Waals surface area contributed by atoms with Gasteiger partial charge in [-0.2, -0.15) is 0 Å². The number of hydrogen-bond donors (Lipinski definition) is 2. The number of rotatable bonds is 10. The van der Waals surface area contributed by atoms with Crippen LogP contribution in [0, 0.1) is 0 Å². The van der Waals surface area contributed by atoms with E-state index in [9.17, 15) is 8.42 Å². The first-order chi connectivity index (χ1) is 13.9. The maximum atomic E-state index is 11.1. The van der Waals surface area contributed by atoms with Crippen molar-refractivity contribution >= 4 is 21.5 Å². The summed E-state index contributed by atoms with van der Waals surface area (Å²) < 4.78 is 32.9. The van der Waals surface area contributed by atoms with Gasteiger partial charge in [0.05, 0.1) is 32.6 Å². The molecule has 0 bridgehead atoms. The van der Waals surface area contributed by atoms with Crippen molar-refractivity contribution in [1.82, 2.24) is 10.6 Å². The molecule has 0 saturated carbocycles. The molecule has 1 aromatic carbocycles. The Labute approximate surface area is 174 Å². The zero-order valence-electron chi connectivity index (χ0n) is 17.7. The molecule has 2 N–H and O–H groups in total. The van der Waals surface area contributed by atoms with Crippen LogP contribution in [0.5, 0.6) is 5.75 Å². The number of aliphatic imine (C=N–C) groups is 1. The molecule has 0 aromatic heterocycles. The van der Waals surface area contributed by atoms with E-state index >= 15 is 0 Å². The highest BCUT2D eigenvalue weighted by Gasteiger charge is 2.21. The highest BCUT2D eigenvalue weighted by atomic mass is 32.2. The molecular weight excluding hydrogens is 392 g/mol. The van der Waals surface area contributed by atoms with Crippen LogP contribution in [0.15, 0.2) is 29.3 Å². The molecule has 0 radical (unpaired) electrons. The van der Waals surface area contributed by atoms with E-state index in [4.69, 9.17) is 9.47 Å². The maximum absolute atomic E-state index is 11.1. The predicted molar refractivity (Wildman–Crippen MR) is 118 cm³/mol. The molecule has 1 aliphatic heterocycles. The number of anilines is 1. The molecule has 1 fully saturated rings. The average molecular weight is 427 g/mol. The molecule has 1 unspecified atom stereocenters. The number of ether oxygens (including phenoxy) is 2. The Morgan fingerprint density at radius 1 is 1.34 bits per heavy atom. The van der Waals surface area contributed by atoms with Gasteiger partial charge in [0, 0.05) is 43.7 Å². The zero-order valence-corrected chi connectivity index (χ0v) is 18.5. The van der Waals surface area contributed by atoms with Crippen molar-refractivity contribution in [2.75, 3.05) is 63.4 Å². The van der Waals surface area contributed by atoms with Crippen molar-refractivity contribution in [2.24, 2.45) is 4.99 Å². The van der Waals surface area contributed by atoms with E-state index in [0.717, 1.165) is 49.9 Å². The largest absolute Gasteiger partial charge is 0.497 e. The number of methoxy groups -OCH3 is 1. The first-order valence-corrected chi connectivity index (χ1v) is 12.2. The number of hydrogen-bond acceptors (Lipinski definition) is 6. The molecule has 1 aliphatic rings. The van der Waals surface area contributed by atoms with Gasteiger partial charge in [0.1, 0.15) is 15.6 Å². The van der Waals surface area contributed by atoms with Gasteiger partial charge in [-0.3, -0.25) is 4.99 Å². The Kier molecular flexibility index (Phi) is 9.53. The Hall–Kier alpha value is -2.00. The van der Waals surface area contributed by atoms with E-state index in [1.165, 1.54) is 6.26 Å². The molecule has 0 amide bonds. The summed E-state index contributed by atoms with van der Waals surface area (Å²) in [5.41, 5.74) is 1.16. The van der Waals surface area contributed by atoms with Gasteiger partial charge in [0.15, 0.2) is 5.96 Å². The predicted octanol–water partition coefficient (Wildman–Crippen LogP) is 1.28. The Morgan fingerprint density at radius 2 is 2.17 bits per heavy atom. The monoisotopic (exact) mass is 426 g/mol. The fourth-order valence-electron chi connectivity index (χ4n) is 3.18. The quantitative estimate of drug-likeness (QED) is 0.331. The lowest BCUT2D eigenvalue weighted by atomic mass is 10.0. The van der Waals surface area contributed by atoms with Crippen molar-refractivity contribution in [1.29, 1.82) is 0 Å². The molecule has 29 heavy (non-hydrogen) atoms. The molecule has 9 heteroatoms. The van der Waals surface area contributed by atoms with Crippen LogP contribution in [0.2, 0.25) is 0 Å². The molecule has 164 valence electrons. The Bertz CT molecular complexity index is 755. The SMILES string of the molecule is CCNC(=NCCOCCS(C)(=O)=O)NC1CCCN(c2cccc(OC)c2)C1. The number of guanidine groups is 1. The lowest BCUT2D eigenvalue weighted by Crippen LogP contribution is -2.51. The van der Waals surface area contributed by atoms with Crippen LogP contribution in [0.3, 0.4) is 0 Å². The minimum Gasteiger partial charge on any atom is -0.497 e. The molecule has 1 heterocycles. The molecular formula is C20H34N4O4S.